The van der Waals surface area contributed by atoms with Crippen molar-refractivity contribution < 1.29 is 22.8 Å². The van der Waals surface area contributed by atoms with E-state index >= 15 is 0 Å². The molecule has 9 heteroatoms. The highest BCUT2D eigenvalue weighted by Gasteiger charge is 2.31. The monoisotopic (exact) mass is 428 g/mol. The predicted octanol–water partition coefficient (Wildman–Crippen LogP) is 4.76. The Kier molecular flexibility index (Phi) is 6.24. The normalized spacial score (nSPS) is 11.0. The van der Waals surface area contributed by atoms with E-state index in [-0.39, 0.29) is 22.6 Å². The van der Waals surface area contributed by atoms with Gasteiger partial charge in [0.15, 0.2) is 5.82 Å². The van der Waals surface area contributed by atoms with Crippen molar-refractivity contribution in [1.29, 1.82) is 0 Å². The predicted molar refractivity (Wildman–Crippen MR) is 111 cm³/mol. The SMILES string of the molecule is CNC(=O)c1cnc(Nc2ccccc2C)c(NC(=O)c2cccc(C(F)(F)F)c2)c1. The van der Waals surface area contributed by atoms with Crippen LogP contribution >= 0.6 is 0 Å². The fourth-order valence-electron chi connectivity index (χ4n) is 2.80. The van der Waals surface area contributed by atoms with Crippen LogP contribution in [0.15, 0.2) is 60.8 Å². The number of hydrogen-bond donors (Lipinski definition) is 3. The topological polar surface area (TPSA) is 83.1 Å². The number of nitrogens with zero attached hydrogens (tertiary/aromatic N) is 1. The number of alkyl halides is 3. The number of carbonyl (C=O) groups is 2. The van der Waals surface area contributed by atoms with Crippen molar-refractivity contribution in [2.24, 2.45) is 0 Å². The second-order valence-corrected chi connectivity index (χ2v) is 6.67. The van der Waals surface area contributed by atoms with Crippen LogP contribution in [-0.4, -0.2) is 23.8 Å². The minimum Gasteiger partial charge on any atom is -0.355 e. The van der Waals surface area contributed by atoms with Crippen LogP contribution in [0, 0.1) is 6.92 Å². The number of anilines is 3. The molecule has 0 saturated carbocycles. The summed E-state index contributed by atoms with van der Waals surface area (Å²) >= 11 is 0. The highest BCUT2D eigenvalue weighted by Crippen LogP contribution is 2.30. The third-order valence-electron chi connectivity index (χ3n) is 4.48. The molecule has 2 amide bonds. The zero-order valence-electron chi connectivity index (χ0n) is 16.7. The van der Waals surface area contributed by atoms with Gasteiger partial charge in [0.1, 0.15) is 0 Å². The Hall–Kier alpha value is -3.88. The van der Waals surface area contributed by atoms with Crippen LogP contribution in [0.2, 0.25) is 0 Å². The summed E-state index contributed by atoms with van der Waals surface area (Å²) in [5.41, 5.74) is 0.841. The molecule has 0 bridgehead atoms. The van der Waals surface area contributed by atoms with Gasteiger partial charge in [-0.1, -0.05) is 24.3 Å². The quantitative estimate of drug-likeness (QED) is 0.547. The lowest BCUT2D eigenvalue weighted by Gasteiger charge is -2.15. The Morgan fingerprint density at radius 3 is 2.32 bits per heavy atom. The fraction of sp³-hybridized carbons (Fsp3) is 0.136. The van der Waals surface area contributed by atoms with Gasteiger partial charge < -0.3 is 16.0 Å². The first-order chi connectivity index (χ1) is 14.7. The second-order valence-electron chi connectivity index (χ2n) is 6.67. The van der Waals surface area contributed by atoms with E-state index in [1.807, 2.05) is 31.2 Å². The number of aromatic nitrogens is 1. The number of carbonyl (C=O) groups excluding carboxylic acids is 2. The number of halogens is 3. The molecule has 0 aliphatic heterocycles. The summed E-state index contributed by atoms with van der Waals surface area (Å²) in [6, 6.07) is 12.8. The van der Waals surface area contributed by atoms with Crippen LogP contribution in [-0.2, 0) is 6.18 Å². The van der Waals surface area contributed by atoms with E-state index in [2.05, 4.69) is 20.9 Å². The van der Waals surface area contributed by atoms with Crippen molar-refractivity contribution in [3.63, 3.8) is 0 Å². The maximum absolute atomic E-state index is 13.0. The lowest BCUT2D eigenvalue weighted by atomic mass is 10.1. The number of rotatable bonds is 5. The summed E-state index contributed by atoms with van der Waals surface area (Å²) in [6.07, 6.45) is -3.24. The molecule has 31 heavy (non-hydrogen) atoms. The molecule has 160 valence electrons. The summed E-state index contributed by atoms with van der Waals surface area (Å²) in [6.45, 7) is 1.88. The highest BCUT2D eigenvalue weighted by molar-refractivity contribution is 6.07. The lowest BCUT2D eigenvalue weighted by Crippen LogP contribution is -2.20. The van der Waals surface area contributed by atoms with Gasteiger partial charge in [-0.25, -0.2) is 4.98 Å². The number of pyridine rings is 1. The number of nitrogens with one attached hydrogen (secondary N) is 3. The van der Waals surface area contributed by atoms with Gasteiger partial charge in [0, 0.05) is 24.5 Å². The third-order valence-corrected chi connectivity index (χ3v) is 4.48. The molecular formula is C22H19F3N4O2. The molecule has 3 aromatic rings. The minimum atomic E-state index is -4.57. The molecule has 0 radical (unpaired) electrons. The first-order valence-corrected chi connectivity index (χ1v) is 9.22. The summed E-state index contributed by atoms with van der Waals surface area (Å²) in [5, 5.41) is 8.09. The van der Waals surface area contributed by atoms with Crippen molar-refractivity contribution in [3.05, 3.63) is 83.0 Å². The molecule has 0 atom stereocenters. The average Bonchev–Trinajstić information content (AvgIpc) is 2.75. The van der Waals surface area contributed by atoms with Crippen LogP contribution in [0.25, 0.3) is 0 Å². The Bertz CT molecular complexity index is 1130. The molecule has 0 unspecified atom stereocenters. The molecule has 6 nitrogen and oxygen atoms in total. The van der Waals surface area contributed by atoms with Crippen LogP contribution in [0.1, 0.15) is 31.8 Å². The van der Waals surface area contributed by atoms with Crippen LogP contribution in [0.5, 0.6) is 0 Å². The number of amides is 2. The zero-order valence-corrected chi connectivity index (χ0v) is 16.7. The molecule has 0 aliphatic carbocycles. The Balaban J connectivity index is 1.96. The van der Waals surface area contributed by atoms with Crippen LogP contribution < -0.4 is 16.0 Å². The molecule has 2 aromatic carbocycles. The molecule has 0 fully saturated rings. The molecule has 3 rings (SSSR count). The molecule has 0 aliphatic rings. The summed E-state index contributed by atoms with van der Waals surface area (Å²) in [4.78, 5) is 28.9. The van der Waals surface area contributed by atoms with Crippen molar-refractivity contribution in [3.8, 4) is 0 Å². The molecule has 0 spiro atoms. The van der Waals surface area contributed by atoms with Gasteiger partial charge in [-0.2, -0.15) is 13.2 Å². The maximum atomic E-state index is 13.0. The molecule has 1 aromatic heterocycles. The van der Waals surface area contributed by atoms with Gasteiger partial charge >= 0.3 is 6.18 Å². The largest absolute Gasteiger partial charge is 0.416 e. The molecular weight excluding hydrogens is 409 g/mol. The van der Waals surface area contributed by atoms with Gasteiger partial charge in [0.05, 0.1) is 16.8 Å². The molecule has 3 N–H and O–H groups in total. The molecule has 1 heterocycles. The molecule has 0 saturated heterocycles. The van der Waals surface area contributed by atoms with Crippen molar-refractivity contribution >= 4 is 29.0 Å². The number of benzene rings is 2. The van der Waals surface area contributed by atoms with E-state index in [0.29, 0.717) is 0 Å². The van der Waals surface area contributed by atoms with Gasteiger partial charge in [-0.15, -0.1) is 0 Å². The second kappa shape index (κ2) is 8.86. The fourth-order valence-corrected chi connectivity index (χ4v) is 2.80. The number of aryl methyl sites for hydroxylation is 1. The van der Waals surface area contributed by atoms with Crippen molar-refractivity contribution in [2.45, 2.75) is 13.1 Å². The van der Waals surface area contributed by atoms with E-state index < -0.39 is 23.6 Å². The van der Waals surface area contributed by atoms with Crippen LogP contribution in [0.3, 0.4) is 0 Å². The first-order valence-electron chi connectivity index (χ1n) is 9.22. The summed E-state index contributed by atoms with van der Waals surface area (Å²) in [5.74, 6) is -0.957. The Labute approximate surface area is 176 Å². The number of hydrogen-bond acceptors (Lipinski definition) is 4. The lowest BCUT2D eigenvalue weighted by molar-refractivity contribution is -0.137. The third kappa shape index (κ3) is 5.19. The summed E-state index contributed by atoms with van der Waals surface area (Å²) in [7, 11) is 1.45. The van der Waals surface area contributed by atoms with E-state index in [1.165, 1.54) is 25.4 Å². The van der Waals surface area contributed by atoms with Crippen LogP contribution in [0.4, 0.5) is 30.4 Å². The number of para-hydroxylation sites is 1. The zero-order chi connectivity index (χ0) is 22.6. The summed E-state index contributed by atoms with van der Waals surface area (Å²) < 4.78 is 39.0. The van der Waals surface area contributed by atoms with Crippen molar-refractivity contribution in [1.82, 2.24) is 10.3 Å². The average molecular weight is 428 g/mol. The van der Waals surface area contributed by atoms with Gasteiger partial charge in [0.25, 0.3) is 11.8 Å². The van der Waals surface area contributed by atoms with E-state index in [9.17, 15) is 22.8 Å². The van der Waals surface area contributed by atoms with E-state index in [4.69, 9.17) is 0 Å². The maximum Gasteiger partial charge on any atom is 0.416 e. The van der Waals surface area contributed by atoms with Gasteiger partial charge in [0.2, 0.25) is 0 Å². The highest BCUT2D eigenvalue weighted by atomic mass is 19.4. The standard InChI is InChI=1S/C22H19F3N4O2/c1-13-6-3-4-9-17(13)28-19-18(11-15(12-27-19)20(30)26-2)29-21(31)14-7-5-8-16(10-14)22(23,24)25/h3-12H,1-2H3,(H,26,30)(H,27,28)(H,29,31). The smallest absolute Gasteiger partial charge is 0.355 e. The van der Waals surface area contributed by atoms with Crippen molar-refractivity contribution in [2.75, 3.05) is 17.7 Å². The first kappa shape index (κ1) is 21.8. The van der Waals surface area contributed by atoms with E-state index in [1.54, 1.807) is 0 Å². The minimum absolute atomic E-state index is 0.145. The Morgan fingerprint density at radius 1 is 0.903 bits per heavy atom. The Morgan fingerprint density at radius 2 is 1.65 bits per heavy atom. The van der Waals surface area contributed by atoms with Gasteiger partial charge in [-0.05, 0) is 42.8 Å². The van der Waals surface area contributed by atoms with E-state index in [0.717, 1.165) is 29.4 Å². The van der Waals surface area contributed by atoms with Gasteiger partial charge in [-0.3, -0.25) is 9.59 Å².